The van der Waals surface area contributed by atoms with Crippen LogP contribution in [0.3, 0.4) is 0 Å². The highest BCUT2D eigenvalue weighted by Crippen LogP contribution is 2.35. The number of hydrogen-bond donors (Lipinski definition) is 1. The number of hydrogen-bond acceptors (Lipinski definition) is 2. The molecule has 1 amide bonds. The number of rotatable bonds is 5. The first-order valence-corrected chi connectivity index (χ1v) is 8.92. The first kappa shape index (κ1) is 16.6. The lowest BCUT2D eigenvalue weighted by molar-refractivity contribution is -0.122. The van der Waals surface area contributed by atoms with E-state index in [9.17, 15) is 9.18 Å². The Bertz CT molecular complexity index is 956. The smallest absolute Gasteiger partial charge is 0.265 e. The Morgan fingerprint density at radius 3 is 2.54 bits per heavy atom. The summed E-state index contributed by atoms with van der Waals surface area (Å²) >= 11 is 0. The quantitative estimate of drug-likeness (QED) is 0.713. The van der Waals surface area contributed by atoms with Gasteiger partial charge in [-0.2, -0.15) is 0 Å². The molecule has 0 aliphatic heterocycles. The van der Waals surface area contributed by atoms with E-state index < -0.39 is 6.10 Å². The summed E-state index contributed by atoms with van der Waals surface area (Å²) in [6.07, 6.45) is 1.98. The minimum absolute atomic E-state index is 0.199. The minimum Gasteiger partial charge on any atom is -0.481 e. The summed E-state index contributed by atoms with van der Waals surface area (Å²) in [6, 6.07) is 16.0. The Hall–Kier alpha value is -2.88. The molecular formula is C22H20FNO2. The third-order valence-electron chi connectivity index (χ3n) is 4.89. The van der Waals surface area contributed by atoms with Gasteiger partial charge < -0.3 is 10.1 Å². The molecule has 0 bridgehead atoms. The molecule has 3 nitrogen and oxygen atoms in total. The van der Waals surface area contributed by atoms with E-state index in [0.717, 1.165) is 23.9 Å². The Balaban J connectivity index is 1.57. The topological polar surface area (TPSA) is 38.3 Å². The van der Waals surface area contributed by atoms with Crippen LogP contribution >= 0.6 is 0 Å². The van der Waals surface area contributed by atoms with Gasteiger partial charge in [0.2, 0.25) is 0 Å². The second-order valence-electron chi connectivity index (χ2n) is 6.57. The van der Waals surface area contributed by atoms with Crippen molar-refractivity contribution in [3.05, 3.63) is 71.5 Å². The average molecular weight is 349 g/mol. The SMILES string of the molecule is CC[C@H](Oc1ccc(F)cc1)C(=O)Nc1ccc2c3c(cccc13)CC2. The van der Waals surface area contributed by atoms with Gasteiger partial charge in [-0.3, -0.25) is 4.79 Å². The number of halogens is 1. The molecule has 0 radical (unpaired) electrons. The number of anilines is 1. The Kier molecular flexibility index (Phi) is 4.33. The van der Waals surface area contributed by atoms with Gasteiger partial charge in [0.05, 0.1) is 0 Å². The number of benzene rings is 3. The van der Waals surface area contributed by atoms with Crippen molar-refractivity contribution in [1.82, 2.24) is 0 Å². The van der Waals surface area contributed by atoms with Gasteiger partial charge in [-0.25, -0.2) is 4.39 Å². The van der Waals surface area contributed by atoms with Crippen molar-refractivity contribution in [1.29, 1.82) is 0 Å². The van der Waals surface area contributed by atoms with E-state index in [1.54, 1.807) is 0 Å². The zero-order valence-electron chi connectivity index (χ0n) is 14.6. The molecule has 0 aromatic heterocycles. The number of nitrogens with one attached hydrogen (secondary N) is 1. The summed E-state index contributed by atoms with van der Waals surface area (Å²) in [5, 5.41) is 5.35. The van der Waals surface area contributed by atoms with Gasteiger partial charge in [-0.15, -0.1) is 0 Å². The van der Waals surface area contributed by atoms with Crippen molar-refractivity contribution in [2.75, 3.05) is 5.32 Å². The van der Waals surface area contributed by atoms with Gasteiger partial charge in [-0.05, 0) is 66.1 Å². The molecule has 3 aromatic rings. The Morgan fingerprint density at radius 1 is 1.08 bits per heavy atom. The molecule has 1 N–H and O–H groups in total. The number of aryl methyl sites for hydroxylation is 2. The molecule has 0 unspecified atom stereocenters. The van der Waals surface area contributed by atoms with Gasteiger partial charge in [0.15, 0.2) is 6.10 Å². The molecule has 4 rings (SSSR count). The van der Waals surface area contributed by atoms with Gasteiger partial charge in [-0.1, -0.05) is 31.2 Å². The second kappa shape index (κ2) is 6.79. The molecule has 0 saturated heterocycles. The molecule has 1 atom stereocenters. The molecule has 132 valence electrons. The van der Waals surface area contributed by atoms with Crippen LogP contribution in [-0.4, -0.2) is 12.0 Å². The van der Waals surface area contributed by atoms with Crippen LogP contribution in [0.5, 0.6) is 5.75 Å². The van der Waals surface area contributed by atoms with E-state index >= 15 is 0 Å². The number of carbonyl (C=O) groups is 1. The van der Waals surface area contributed by atoms with Gasteiger partial charge in [0.1, 0.15) is 11.6 Å². The van der Waals surface area contributed by atoms with Crippen LogP contribution in [0.4, 0.5) is 10.1 Å². The van der Waals surface area contributed by atoms with Crippen LogP contribution < -0.4 is 10.1 Å². The fourth-order valence-corrected chi connectivity index (χ4v) is 3.57. The molecule has 1 aliphatic carbocycles. The zero-order chi connectivity index (χ0) is 18.1. The van der Waals surface area contributed by atoms with Crippen molar-refractivity contribution in [2.24, 2.45) is 0 Å². The van der Waals surface area contributed by atoms with Crippen molar-refractivity contribution in [3.8, 4) is 5.75 Å². The lowest BCUT2D eigenvalue weighted by Gasteiger charge is -2.18. The van der Waals surface area contributed by atoms with Crippen molar-refractivity contribution < 1.29 is 13.9 Å². The normalized spacial score (nSPS) is 13.6. The Morgan fingerprint density at radius 2 is 1.81 bits per heavy atom. The highest BCUT2D eigenvalue weighted by atomic mass is 19.1. The van der Waals surface area contributed by atoms with Gasteiger partial charge >= 0.3 is 0 Å². The minimum atomic E-state index is -0.636. The van der Waals surface area contributed by atoms with Gasteiger partial charge in [0, 0.05) is 11.1 Å². The highest BCUT2D eigenvalue weighted by Gasteiger charge is 2.21. The van der Waals surface area contributed by atoms with E-state index in [1.807, 2.05) is 25.1 Å². The predicted octanol–water partition coefficient (Wildman–Crippen LogP) is 4.87. The number of carbonyl (C=O) groups excluding carboxylic acids is 1. The van der Waals surface area contributed by atoms with Crippen molar-refractivity contribution >= 4 is 22.4 Å². The lowest BCUT2D eigenvalue weighted by Crippen LogP contribution is -2.32. The van der Waals surface area contributed by atoms with Gasteiger partial charge in [0.25, 0.3) is 5.91 Å². The van der Waals surface area contributed by atoms with Crippen LogP contribution in [0.1, 0.15) is 24.5 Å². The summed E-state index contributed by atoms with van der Waals surface area (Å²) in [5.41, 5.74) is 3.48. The van der Waals surface area contributed by atoms with Crippen LogP contribution in [0.25, 0.3) is 10.8 Å². The third-order valence-corrected chi connectivity index (χ3v) is 4.89. The van der Waals surface area contributed by atoms with Crippen LogP contribution in [0, 0.1) is 5.82 Å². The zero-order valence-corrected chi connectivity index (χ0v) is 14.6. The average Bonchev–Trinajstić information content (AvgIpc) is 3.08. The Labute approximate surface area is 151 Å². The van der Waals surface area contributed by atoms with E-state index in [2.05, 4.69) is 17.4 Å². The summed E-state index contributed by atoms with van der Waals surface area (Å²) in [5.74, 6) is -0.0490. The third kappa shape index (κ3) is 3.03. The number of ether oxygens (including phenoxy) is 1. The standard InChI is InChI=1S/C22H20FNO2/c1-2-20(26-17-11-9-16(23)10-12-17)22(25)24-19-13-8-15-7-6-14-4-3-5-18(19)21(14)15/h3-5,8-13,20H,2,6-7H2,1H3,(H,24,25)/t20-/m0/s1. The highest BCUT2D eigenvalue weighted by molar-refractivity contribution is 6.06. The summed E-state index contributed by atoms with van der Waals surface area (Å²) in [4.78, 5) is 12.7. The van der Waals surface area contributed by atoms with E-state index in [4.69, 9.17) is 4.74 Å². The first-order valence-electron chi connectivity index (χ1n) is 8.92. The maximum atomic E-state index is 13.0. The molecule has 1 aliphatic rings. The van der Waals surface area contributed by atoms with Crippen molar-refractivity contribution in [3.63, 3.8) is 0 Å². The monoisotopic (exact) mass is 349 g/mol. The first-order chi connectivity index (χ1) is 12.7. The molecule has 4 heteroatoms. The van der Waals surface area contributed by atoms with Crippen molar-refractivity contribution in [2.45, 2.75) is 32.3 Å². The molecule has 0 heterocycles. The summed E-state index contributed by atoms with van der Waals surface area (Å²) < 4.78 is 18.8. The van der Waals surface area contributed by atoms with Crippen LogP contribution in [0.15, 0.2) is 54.6 Å². The molecule has 26 heavy (non-hydrogen) atoms. The predicted molar refractivity (Wildman–Crippen MR) is 101 cm³/mol. The summed E-state index contributed by atoms with van der Waals surface area (Å²) in [6.45, 7) is 1.89. The molecule has 0 fully saturated rings. The maximum absolute atomic E-state index is 13.0. The fourth-order valence-electron chi connectivity index (χ4n) is 3.57. The second-order valence-corrected chi connectivity index (χ2v) is 6.57. The van der Waals surface area contributed by atoms with Crippen LogP contribution in [-0.2, 0) is 17.6 Å². The molecular weight excluding hydrogens is 329 g/mol. The molecule has 0 saturated carbocycles. The molecule has 0 spiro atoms. The van der Waals surface area contributed by atoms with E-state index in [0.29, 0.717) is 12.2 Å². The number of amides is 1. The van der Waals surface area contributed by atoms with Crippen LogP contribution in [0.2, 0.25) is 0 Å². The summed E-state index contributed by atoms with van der Waals surface area (Å²) in [7, 11) is 0. The van der Waals surface area contributed by atoms with E-state index in [1.165, 1.54) is 40.8 Å². The fraction of sp³-hybridized carbons (Fsp3) is 0.227. The lowest BCUT2D eigenvalue weighted by atomic mass is 10.0. The maximum Gasteiger partial charge on any atom is 0.265 e. The molecule has 3 aromatic carbocycles. The largest absolute Gasteiger partial charge is 0.481 e. The van der Waals surface area contributed by atoms with E-state index in [-0.39, 0.29) is 11.7 Å².